The predicted molar refractivity (Wildman–Crippen MR) is 72.0 cm³/mol. The molecule has 0 N–H and O–H groups in total. The van der Waals surface area contributed by atoms with Crippen LogP contribution in [0.2, 0.25) is 0 Å². The Hall–Kier alpha value is -2.10. The SMILES string of the molecule is Cc1ccc(OC2CN(c3ccncc3F)C2)cc1. The molecule has 1 saturated heterocycles. The van der Waals surface area contributed by atoms with Gasteiger partial charge in [0.2, 0.25) is 0 Å². The van der Waals surface area contributed by atoms with Gasteiger partial charge in [-0.25, -0.2) is 4.39 Å². The average molecular weight is 258 g/mol. The number of ether oxygens (including phenoxy) is 1. The molecule has 1 aromatic heterocycles. The van der Waals surface area contributed by atoms with Crippen molar-refractivity contribution in [1.29, 1.82) is 0 Å². The fourth-order valence-corrected chi connectivity index (χ4v) is 2.14. The summed E-state index contributed by atoms with van der Waals surface area (Å²) in [5.74, 6) is 0.585. The molecule has 2 heterocycles. The number of benzene rings is 1. The molecule has 1 fully saturated rings. The smallest absolute Gasteiger partial charge is 0.164 e. The van der Waals surface area contributed by atoms with Gasteiger partial charge in [-0.15, -0.1) is 0 Å². The molecule has 0 saturated carbocycles. The Balaban J connectivity index is 1.58. The molecule has 0 radical (unpaired) electrons. The Kier molecular flexibility index (Phi) is 3.07. The number of pyridine rings is 1. The molecule has 0 aliphatic carbocycles. The van der Waals surface area contributed by atoms with Crippen molar-refractivity contribution < 1.29 is 9.13 Å². The van der Waals surface area contributed by atoms with Gasteiger partial charge in [-0.05, 0) is 25.1 Å². The van der Waals surface area contributed by atoms with Gasteiger partial charge in [-0.3, -0.25) is 4.98 Å². The molecule has 1 aromatic carbocycles. The van der Waals surface area contributed by atoms with E-state index in [2.05, 4.69) is 4.98 Å². The van der Waals surface area contributed by atoms with Crippen LogP contribution in [0.3, 0.4) is 0 Å². The first-order valence-electron chi connectivity index (χ1n) is 6.30. The summed E-state index contributed by atoms with van der Waals surface area (Å²) >= 11 is 0. The normalized spacial score (nSPS) is 15.2. The lowest BCUT2D eigenvalue weighted by molar-refractivity contribution is 0.167. The monoisotopic (exact) mass is 258 g/mol. The molecular weight excluding hydrogens is 243 g/mol. The Morgan fingerprint density at radius 3 is 2.63 bits per heavy atom. The van der Waals surface area contributed by atoms with E-state index in [4.69, 9.17) is 4.74 Å². The summed E-state index contributed by atoms with van der Waals surface area (Å²) in [4.78, 5) is 5.70. The summed E-state index contributed by atoms with van der Waals surface area (Å²) in [6.45, 7) is 3.45. The quantitative estimate of drug-likeness (QED) is 0.846. The molecule has 0 unspecified atom stereocenters. The van der Waals surface area contributed by atoms with E-state index in [9.17, 15) is 4.39 Å². The van der Waals surface area contributed by atoms with Gasteiger partial charge in [0.25, 0.3) is 0 Å². The highest BCUT2D eigenvalue weighted by molar-refractivity contribution is 5.49. The maximum atomic E-state index is 13.5. The third-order valence-corrected chi connectivity index (χ3v) is 3.26. The minimum absolute atomic E-state index is 0.121. The second-order valence-corrected chi connectivity index (χ2v) is 4.78. The zero-order chi connectivity index (χ0) is 13.2. The van der Waals surface area contributed by atoms with E-state index in [1.165, 1.54) is 11.8 Å². The molecule has 0 bridgehead atoms. The van der Waals surface area contributed by atoms with Crippen LogP contribution in [0.1, 0.15) is 5.56 Å². The van der Waals surface area contributed by atoms with Gasteiger partial charge in [0.15, 0.2) is 5.82 Å². The Morgan fingerprint density at radius 2 is 1.95 bits per heavy atom. The van der Waals surface area contributed by atoms with Gasteiger partial charge in [0.1, 0.15) is 11.9 Å². The van der Waals surface area contributed by atoms with Crippen LogP contribution in [0.25, 0.3) is 0 Å². The van der Waals surface area contributed by atoms with Crippen molar-refractivity contribution in [2.24, 2.45) is 0 Å². The zero-order valence-electron chi connectivity index (χ0n) is 10.7. The fraction of sp³-hybridized carbons (Fsp3) is 0.267. The van der Waals surface area contributed by atoms with Crippen LogP contribution in [-0.4, -0.2) is 24.2 Å². The Labute approximate surface area is 111 Å². The Morgan fingerprint density at radius 1 is 1.21 bits per heavy atom. The van der Waals surface area contributed by atoms with E-state index < -0.39 is 0 Å². The first-order chi connectivity index (χ1) is 9.22. The van der Waals surface area contributed by atoms with Crippen molar-refractivity contribution in [2.75, 3.05) is 18.0 Å². The van der Waals surface area contributed by atoms with Crippen LogP contribution in [0, 0.1) is 12.7 Å². The molecule has 1 aliphatic heterocycles. The van der Waals surface area contributed by atoms with Crippen LogP contribution >= 0.6 is 0 Å². The van der Waals surface area contributed by atoms with Crippen LogP contribution in [0.15, 0.2) is 42.7 Å². The molecule has 98 valence electrons. The summed E-state index contributed by atoms with van der Waals surface area (Å²) in [6.07, 6.45) is 2.96. The van der Waals surface area contributed by atoms with E-state index in [1.54, 1.807) is 12.3 Å². The molecule has 4 heteroatoms. The van der Waals surface area contributed by atoms with Crippen molar-refractivity contribution in [2.45, 2.75) is 13.0 Å². The van der Waals surface area contributed by atoms with Gasteiger partial charge in [0.05, 0.1) is 25.0 Å². The van der Waals surface area contributed by atoms with Gasteiger partial charge >= 0.3 is 0 Å². The minimum Gasteiger partial charge on any atom is -0.487 e. The molecule has 3 nitrogen and oxygen atoms in total. The Bertz CT molecular complexity index is 565. The topological polar surface area (TPSA) is 25.4 Å². The second kappa shape index (κ2) is 4.88. The van der Waals surface area contributed by atoms with Gasteiger partial charge in [-0.1, -0.05) is 17.7 Å². The molecular formula is C15H15FN2O. The van der Waals surface area contributed by atoms with E-state index in [1.807, 2.05) is 36.1 Å². The van der Waals surface area contributed by atoms with Crippen LogP contribution in [-0.2, 0) is 0 Å². The van der Waals surface area contributed by atoms with Gasteiger partial charge < -0.3 is 9.64 Å². The van der Waals surface area contributed by atoms with Crippen molar-refractivity contribution in [3.63, 3.8) is 0 Å². The van der Waals surface area contributed by atoms with Crippen molar-refractivity contribution >= 4 is 5.69 Å². The third kappa shape index (κ3) is 2.52. The molecule has 1 aliphatic rings. The summed E-state index contributed by atoms with van der Waals surface area (Å²) in [7, 11) is 0. The van der Waals surface area contributed by atoms with Crippen molar-refractivity contribution in [3.8, 4) is 5.75 Å². The fourth-order valence-electron chi connectivity index (χ4n) is 2.14. The lowest BCUT2D eigenvalue weighted by Gasteiger charge is -2.40. The average Bonchev–Trinajstić information content (AvgIpc) is 2.37. The molecule has 0 atom stereocenters. The molecule has 0 amide bonds. The summed E-state index contributed by atoms with van der Waals surface area (Å²) in [5, 5.41) is 0. The molecule has 2 aromatic rings. The number of aromatic nitrogens is 1. The number of anilines is 1. The maximum Gasteiger partial charge on any atom is 0.164 e. The maximum absolute atomic E-state index is 13.5. The van der Waals surface area contributed by atoms with E-state index in [0.29, 0.717) is 18.8 Å². The molecule has 0 spiro atoms. The molecule has 19 heavy (non-hydrogen) atoms. The zero-order valence-corrected chi connectivity index (χ0v) is 10.7. The predicted octanol–water partition coefficient (Wildman–Crippen LogP) is 2.80. The number of rotatable bonds is 3. The summed E-state index contributed by atoms with van der Waals surface area (Å²) in [5.41, 5.74) is 1.81. The second-order valence-electron chi connectivity index (χ2n) is 4.78. The lowest BCUT2D eigenvalue weighted by atomic mass is 10.1. The number of aryl methyl sites for hydroxylation is 1. The summed E-state index contributed by atoms with van der Waals surface area (Å²) in [6, 6.07) is 9.66. The number of halogens is 1. The number of nitrogens with zero attached hydrogens (tertiary/aromatic N) is 2. The van der Waals surface area contributed by atoms with Crippen molar-refractivity contribution in [3.05, 3.63) is 54.1 Å². The highest BCUT2D eigenvalue weighted by Gasteiger charge is 2.30. The van der Waals surface area contributed by atoms with Gasteiger partial charge in [0, 0.05) is 6.20 Å². The van der Waals surface area contributed by atoms with Crippen LogP contribution in [0.4, 0.5) is 10.1 Å². The minimum atomic E-state index is -0.281. The highest BCUT2D eigenvalue weighted by atomic mass is 19.1. The van der Waals surface area contributed by atoms with Gasteiger partial charge in [-0.2, -0.15) is 0 Å². The first kappa shape index (κ1) is 12.0. The molecule has 3 rings (SSSR count). The largest absolute Gasteiger partial charge is 0.487 e. The van der Waals surface area contributed by atoms with E-state index in [0.717, 1.165) is 5.75 Å². The summed E-state index contributed by atoms with van der Waals surface area (Å²) < 4.78 is 19.3. The van der Waals surface area contributed by atoms with Crippen molar-refractivity contribution in [1.82, 2.24) is 4.98 Å². The number of hydrogen-bond acceptors (Lipinski definition) is 3. The van der Waals surface area contributed by atoms with E-state index in [-0.39, 0.29) is 11.9 Å². The number of hydrogen-bond donors (Lipinski definition) is 0. The lowest BCUT2D eigenvalue weighted by Crippen LogP contribution is -2.54. The highest BCUT2D eigenvalue weighted by Crippen LogP contribution is 2.25. The standard InChI is InChI=1S/C15H15FN2O/c1-11-2-4-12(5-3-11)19-13-9-18(10-13)15-6-7-17-8-14(15)16/h2-8,13H,9-10H2,1H3. The third-order valence-electron chi connectivity index (χ3n) is 3.26. The van der Waals surface area contributed by atoms with E-state index >= 15 is 0 Å². The van der Waals surface area contributed by atoms with Crippen LogP contribution < -0.4 is 9.64 Å². The van der Waals surface area contributed by atoms with Crippen LogP contribution in [0.5, 0.6) is 5.75 Å². The first-order valence-corrected chi connectivity index (χ1v) is 6.30.